The van der Waals surface area contributed by atoms with E-state index in [4.69, 9.17) is 9.84 Å². The van der Waals surface area contributed by atoms with Crippen LogP contribution in [0.25, 0.3) is 0 Å². The number of amides is 2. The molecule has 0 aromatic heterocycles. The van der Waals surface area contributed by atoms with Gasteiger partial charge in [-0.1, -0.05) is 18.2 Å². The third-order valence-corrected chi connectivity index (χ3v) is 3.30. The molecular formula is C14H18N2O5. The molecule has 1 heterocycles. The molecule has 4 N–H and O–H groups in total. The zero-order valence-corrected chi connectivity index (χ0v) is 11.6. The van der Waals surface area contributed by atoms with Gasteiger partial charge in [0, 0.05) is 12.0 Å². The summed E-state index contributed by atoms with van der Waals surface area (Å²) in [7, 11) is 0. The summed E-state index contributed by atoms with van der Waals surface area (Å²) < 4.78 is 5.49. The maximum atomic E-state index is 11.9. The largest absolute Gasteiger partial charge is 0.493 e. The first kappa shape index (κ1) is 15.1. The van der Waals surface area contributed by atoms with Crippen molar-refractivity contribution in [2.75, 3.05) is 6.61 Å². The second-order valence-electron chi connectivity index (χ2n) is 4.90. The Labute approximate surface area is 121 Å². The van der Waals surface area contributed by atoms with E-state index < -0.39 is 24.1 Å². The van der Waals surface area contributed by atoms with Gasteiger partial charge in [-0.05, 0) is 13.0 Å². The van der Waals surface area contributed by atoms with Gasteiger partial charge in [-0.2, -0.15) is 0 Å². The fourth-order valence-corrected chi connectivity index (χ4v) is 2.22. The van der Waals surface area contributed by atoms with E-state index >= 15 is 0 Å². The van der Waals surface area contributed by atoms with Crippen LogP contribution in [0.5, 0.6) is 5.75 Å². The second-order valence-corrected chi connectivity index (χ2v) is 4.90. The van der Waals surface area contributed by atoms with Crippen LogP contribution in [0.3, 0.4) is 0 Å². The number of nitrogens with one attached hydrogen (secondary N) is 2. The van der Waals surface area contributed by atoms with Gasteiger partial charge in [0.1, 0.15) is 5.75 Å². The molecule has 21 heavy (non-hydrogen) atoms. The predicted molar refractivity (Wildman–Crippen MR) is 74.1 cm³/mol. The van der Waals surface area contributed by atoms with Crippen molar-refractivity contribution in [2.45, 2.75) is 31.5 Å². The maximum Gasteiger partial charge on any atom is 0.328 e. The Morgan fingerprint density at radius 2 is 2.10 bits per heavy atom. The second kappa shape index (κ2) is 6.45. The molecule has 0 spiro atoms. The lowest BCUT2D eigenvalue weighted by molar-refractivity contribution is -0.141. The Morgan fingerprint density at radius 1 is 1.38 bits per heavy atom. The van der Waals surface area contributed by atoms with Gasteiger partial charge < -0.3 is 25.6 Å². The quantitative estimate of drug-likeness (QED) is 0.652. The molecule has 1 aliphatic rings. The van der Waals surface area contributed by atoms with E-state index in [-0.39, 0.29) is 6.04 Å². The van der Waals surface area contributed by atoms with Crippen LogP contribution >= 0.6 is 0 Å². The topological polar surface area (TPSA) is 108 Å². The summed E-state index contributed by atoms with van der Waals surface area (Å²) >= 11 is 0. The van der Waals surface area contributed by atoms with Crippen LogP contribution in [-0.2, 0) is 4.79 Å². The Kier molecular flexibility index (Phi) is 4.64. The summed E-state index contributed by atoms with van der Waals surface area (Å²) in [6, 6.07) is 5.12. The SMILES string of the molecule is C[C@@H](O)[C@H](NC(=O)NC1CCOc2ccccc21)C(=O)O. The van der Waals surface area contributed by atoms with E-state index in [9.17, 15) is 14.7 Å². The van der Waals surface area contributed by atoms with Crippen LogP contribution in [0.1, 0.15) is 24.9 Å². The van der Waals surface area contributed by atoms with E-state index in [1.165, 1.54) is 6.92 Å². The summed E-state index contributed by atoms with van der Waals surface area (Å²) in [5.41, 5.74) is 0.850. The normalized spacial score (nSPS) is 19.6. The van der Waals surface area contributed by atoms with Crippen LogP contribution in [0.2, 0.25) is 0 Å². The Hall–Kier alpha value is -2.28. The highest BCUT2D eigenvalue weighted by Gasteiger charge is 2.27. The highest BCUT2D eigenvalue weighted by atomic mass is 16.5. The molecule has 0 radical (unpaired) electrons. The van der Waals surface area contributed by atoms with Gasteiger partial charge in [-0.25, -0.2) is 9.59 Å². The average Bonchev–Trinajstić information content (AvgIpc) is 2.44. The zero-order chi connectivity index (χ0) is 15.4. The average molecular weight is 294 g/mol. The van der Waals surface area contributed by atoms with Gasteiger partial charge in [-0.3, -0.25) is 0 Å². The van der Waals surface area contributed by atoms with Crippen LogP contribution in [-0.4, -0.2) is 41.0 Å². The molecule has 0 aliphatic carbocycles. The molecule has 1 aliphatic heterocycles. The molecule has 2 rings (SSSR count). The van der Waals surface area contributed by atoms with Gasteiger partial charge in [0.2, 0.25) is 0 Å². The lowest BCUT2D eigenvalue weighted by atomic mass is 10.0. The highest BCUT2D eigenvalue weighted by Crippen LogP contribution is 2.31. The number of carbonyl (C=O) groups excluding carboxylic acids is 1. The minimum Gasteiger partial charge on any atom is -0.493 e. The molecule has 0 saturated heterocycles. The predicted octanol–water partition coefficient (Wildman–Crippen LogP) is 0.643. The number of carbonyl (C=O) groups is 2. The van der Waals surface area contributed by atoms with Gasteiger partial charge >= 0.3 is 12.0 Å². The van der Waals surface area contributed by atoms with Crippen LogP contribution < -0.4 is 15.4 Å². The van der Waals surface area contributed by atoms with Crippen molar-refractivity contribution < 1.29 is 24.5 Å². The number of aliphatic hydroxyl groups is 1. The number of benzene rings is 1. The van der Waals surface area contributed by atoms with Gasteiger partial charge in [0.05, 0.1) is 18.8 Å². The van der Waals surface area contributed by atoms with Gasteiger partial charge in [-0.15, -0.1) is 0 Å². The number of para-hydroxylation sites is 1. The van der Waals surface area contributed by atoms with Crippen molar-refractivity contribution in [3.05, 3.63) is 29.8 Å². The summed E-state index contributed by atoms with van der Waals surface area (Å²) in [5, 5.41) is 23.2. The van der Waals surface area contributed by atoms with E-state index in [1.807, 2.05) is 24.3 Å². The minimum atomic E-state index is -1.35. The number of hydrogen-bond acceptors (Lipinski definition) is 4. The number of carboxylic acid groups (broad SMARTS) is 1. The standard InChI is InChI=1S/C14H18N2O5/c1-8(17)12(13(18)19)16-14(20)15-10-6-7-21-11-5-3-2-4-9(10)11/h2-5,8,10,12,17H,6-7H2,1H3,(H,18,19)(H2,15,16,20)/t8-,10?,12+/m1/s1. The van der Waals surface area contributed by atoms with Crippen molar-refractivity contribution in [3.8, 4) is 5.75 Å². The van der Waals surface area contributed by atoms with E-state index in [2.05, 4.69) is 10.6 Å². The lowest BCUT2D eigenvalue weighted by Crippen LogP contribution is -2.52. The van der Waals surface area contributed by atoms with Crippen molar-refractivity contribution >= 4 is 12.0 Å². The maximum absolute atomic E-state index is 11.9. The summed E-state index contributed by atoms with van der Waals surface area (Å²) in [6.07, 6.45) is -0.591. The Balaban J connectivity index is 2.02. The molecule has 7 heteroatoms. The number of aliphatic hydroxyl groups excluding tert-OH is 1. The van der Waals surface area contributed by atoms with Gasteiger partial charge in [0.25, 0.3) is 0 Å². The molecule has 0 fully saturated rings. The first-order chi connectivity index (χ1) is 9.99. The Morgan fingerprint density at radius 3 is 2.76 bits per heavy atom. The number of aliphatic carboxylic acids is 1. The molecular weight excluding hydrogens is 276 g/mol. The van der Waals surface area contributed by atoms with Crippen LogP contribution in [0.4, 0.5) is 4.79 Å². The monoisotopic (exact) mass is 294 g/mol. The third-order valence-electron chi connectivity index (χ3n) is 3.30. The number of hydrogen-bond donors (Lipinski definition) is 4. The summed E-state index contributed by atoms with van der Waals surface area (Å²) in [6.45, 7) is 1.78. The van der Waals surface area contributed by atoms with Gasteiger partial charge in [0.15, 0.2) is 6.04 Å². The number of urea groups is 1. The summed E-state index contributed by atoms with van der Waals surface area (Å²) in [4.78, 5) is 22.8. The first-order valence-electron chi connectivity index (χ1n) is 6.68. The third kappa shape index (κ3) is 3.63. The molecule has 3 atom stereocenters. The van der Waals surface area contributed by atoms with Crippen molar-refractivity contribution in [1.82, 2.24) is 10.6 Å². The first-order valence-corrected chi connectivity index (χ1v) is 6.68. The summed E-state index contributed by atoms with van der Waals surface area (Å²) in [5.74, 6) is -0.577. The number of rotatable bonds is 4. The number of carboxylic acids is 1. The fourth-order valence-electron chi connectivity index (χ4n) is 2.22. The number of fused-ring (bicyclic) bond motifs is 1. The highest BCUT2D eigenvalue weighted by molar-refractivity contribution is 5.83. The van der Waals surface area contributed by atoms with Crippen LogP contribution in [0.15, 0.2) is 24.3 Å². The van der Waals surface area contributed by atoms with E-state index in [0.717, 1.165) is 5.56 Å². The molecule has 1 aromatic carbocycles. The molecule has 1 aromatic rings. The van der Waals surface area contributed by atoms with Crippen molar-refractivity contribution in [3.63, 3.8) is 0 Å². The zero-order valence-electron chi connectivity index (χ0n) is 11.6. The van der Waals surface area contributed by atoms with Crippen molar-refractivity contribution in [2.24, 2.45) is 0 Å². The molecule has 2 amide bonds. The van der Waals surface area contributed by atoms with Crippen molar-refractivity contribution in [1.29, 1.82) is 0 Å². The van der Waals surface area contributed by atoms with Crippen LogP contribution in [0, 0.1) is 0 Å². The van der Waals surface area contributed by atoms with E-state index in [1.54, 1.807) is 0 Å². The minimum absolute atomic E-state index is 0.251. The smallest absolute Gasteiger partial charge is 0.328 e. The molecule has 0 bridgehead atoms. The molecule has 1 unspecified atom stereocenters. The fraction of sp³-hybridized carbons (Fsp3) is 0.429. The molecule has 7 nitrogen and oxygen atoms in total. The molecule has 0 saturated carbocycles. The Bertz CT molecular complexity index is 532. The van der Waals surface area contributed by atoms with E-state index in [0.29, 0.717) is 18.8 Å². The number of ether oxygens (including phenoxy) is 1. The lowest BCUT2D eigenvalue weighted by Gasteiger charge is -2.27. The molecule has 114 valence electrons.